The minimum atomic E-state index is -4.60. The maximum Gasteiger partial charge on any atom is 0.420 e. The molecule has 0 aromatic heterocycles. The maximum atomic E-state index is 12.7. The fourth-order valence-electron chi connectivity index (χ4n) is 1.45. The summed E-state index contributed by atoms with van der Waals surface area (Å²) in [5, 5.41) is 10.9. The van der Waals surface area contributed by atoms with Crippen molar-refractivity contribution in [3.63, 3.8) is 0 Å². The van der Waals surface area contributed by atoms with E-state index in [0.717, 1.165) is 6.07 Å². The van der Waals surface area contributed by atoms with Gasteiger partial charge < -0.3 is 14.7 Å². The molecule has 0 saturated carbocycles. The van der Waals surface area contributed by atoms with E-state index in [1.165, 1.54) is 6.07 Å². The lowest BCUT2D eigenvalue weighted by molar-refractivity contribution is -0.138. The molecule has 0 unspecified atom stereocenters. The van der Waals surface area contributed by atoms with Crippen molar-refractivity contribution in [3.05, 3.63) is 23.3 Å². The smallest absolute Gasteiger partial charge is 0.420 e. The van der Waals surface area contributed by atoms with Crippen LogP contribution >= 0.6 is 0 Å². The molecule has 0 radical (unpaired) electrons. The fourth-order valence-corrected chi connectivity index (χ4v) is 1.45. The van der Waals surface area contributed by atoms with Crippen LogP contribution in [0.15, 0.2) is 17.3 Å². The summed E-state index contributed by atoms with van der Waals surface area (Å²) in [7, 11) is 0. The molecule has 0 bridgehead atoms. The SMILES string of the molecule is ON=Cc1ccc2c(c1C(F)(F)F)OCO2. The van der Waals surface area contributed by atoms with Crippen molar-refractivity contribution >= 4 is 6.21 Å². The highest BCUT2D eigenvalue weighted by Gasteiger charge is 2.40. The van der Waals surface area contributed by atoms with Gasteiger partial charge in [-0.3, -0.25) is 0 Å². The Bertz CT molecular complexity index is 442. The first-order chi connectivity index (χ1) is 7.54. The molecule has 0 aliphatic carbocycles. The van der Waals surface area contributed by atoms with E-state index in [1.54, 1.807) is 0 Å². The third-order valence-corrected chi connectivity index (χ3v) is 2.05. The highest BCUT2D eigenvalue weighted by atomic mass is 19.4. The summed E-state index contributed by atoms with van der Waals surface area (Å²) in [6.45, 7) is -0.252. The van der Waals surface area contributed by atoms with Crippen molar-refractivity contribution in [2.45, 2.75) is 6.18 Å². The van der Waals surface area contributed by atoms with E-state index in [2.05, 4.69) is 5.16 Å². The molecule has 0 amide bonds. The van der Waals surface area contributed by atoms with E-state index in [4.69, 9.17) is 14.7 Å². The highest BCUT2D eigenvalue weighted by Crippen LogP contribution is 2.45. The van der Waals surface area contributed by atoms with Gasteiger partial charge in [0.25, 0.3) is 0 Å². The van der Waals surface area contributed by atoms with Gasteiger partial charge in [0.2, 0.25) is 6.79 Å². The lowest BCUT2D eigenvalue weighted by Crippen LogP contribution is -2.10. The first-order valence-electron chi connectivity index (χ1n) is 4.21. The van der Waals surface area contributed by atoms with Crippen molar-refractivity contribution in [3.8, 4) is 11.5 Å². The first-order valence-corrected chi connectivity index (χ1v) is 4.21. The average Bonchev–Trinajstić information content (AvgIpc) is 2.63. The molecule has 0 saturated heterocycles. The Balaban J connectivity index is 2.65. The van der Waals surface area contributed by atoms with Crippen molar-refractivity contribution < 1.29 is 27.9 Å². The number of nitrogens with zero attached hydrogens (tertiary/aromatic N) is 1. The zero-order valence-corrected chi connectivity index (χ0v) is 7.78. The van der Waals surface area contributed by atoms with Gasteiger partial charge in [-0.25, -0.2) is 0 Å². The standard InChI is InChI=1S/C9H6F3NO3/c10-9(11,12)7-5(3-13-14)1-2-6-8(7)16-4-15-6/h1-3,14H,4H2. The summed E-state index contributed by atoms with van der Waals surface area (Å²) >= 11 is 0. The van der Waals surface area contributed by atoms with Crippen molar-refractivity contribution in [2.24, 2.45) is 5.16 Å². The summed E-state index contributed by atoms with van der Waals surface area (Å²) in [6, 6.07) is 2.48. The van der Waals surface area contributed by atoms with E-state index < -0.39 is 11.7 Å². The molecule has 86 valence electrons. The van der Waals surface area contributed by atoms with Crippen molar-refractivity contribution in [1.82, 2.24) is 0 Å². The number of benzene rings is 1. The Morgan fingerprint density at radius 3 is 2.69 bits per heavy atom. The fraction of sp³-hybridized carbons (Fsp3) is 0.222. The molecule has 2 rings (SSSR count). The monoisotopic (exact) mass is 233 g/mol. The number of hydrogen-bond donors (Lipinski definition) is 1. The van der Waals surface area contributed by atoms with Crippen LogP contribution in [0.4, 0.5) is 13.2 Å². The maximum absolute atomic E-state index is 12.7. The number of rotatable bonds is 1. The topological polar surface area (TPSA) is 51.1 Å². The van der Waals surface area contributed by atoms with Gasteiger partial charge in [0.1, 0.15) is 5.56 Å². The normalized spacial score (nSPS) is 14.7. The minimum Gasteiger partial charge on any atom is -0.454 e. The van der Waals surface area contributed by atoms with Crippen LogP contribution in [0.3, 0.4) is 0 Å². The quantitative estimate of drug-likeness (QED) is 0.459. The molecule has 1 aromatic carbocycles. The molecule has 1 N–H and O–H groups in total. The summed E-state index contributed by atoms with van der Waals surface area (Å²) in [5.41, 5.74) is -1.28. The summed E-state index contributed by atoms with van der Waals surface area (Å²) in [4.78, 5) is 0. The van der Waals surface area contributed by atoms with E-state index in [0.29, 0.717) is 6.21 Å². The van der Waals surface area contributed by atoms with Crippen LogP contribution in [0.5, 0.6) is 11.5 Å². The Hall–Kier alpha value is -1.92. The van der Waals surface area contributed by atoms with E-state index >= 15 is 0 Å². The van der Waals surface area contributed by atoms with Crippen LogP contribution in [0.1, 0.15) is 11.1 Å². The van der Waals surface area contributed by atoms with E-state index in [-0.39, 0.29) is 23.9 Å². The Kier molecular flexibility index (Phi) is 2.37. The van der Waals surface area contributed by atoms with Crippen LogP contribution in [-0.4, -0.2) is 18.2 Å². The van der Waals surface area contributed by atoms with Crippen LogP contribution < -0.4 is 9.47 Å². The molecule has 4 nitrogen and oxygen atoms in total. The summed E-state index contributed by atoms with van der Waals surface area (Å²) in [6.07, 6.45) is -3.90. The van der Waals surface area contributed by atoms with Gasteiger partial charge >= 0.3 is 6.18 Å². The van der Waals surface area contributed by atoms with Gasteiger partial charge in [0.15, 0.2) is 11.5 Å². The third kappa shape index (κ3) is 1.64. The molecule has 1 aliphatic rings. The van der Waals surface area contributed by atoms with Gasteiger partial charge in [0, 0.05) is 5.56 Å². The number of ether oxygens (including phenoxy) is 2. The second-order valence-electron chi connectivity index (χ2n) is 3.01. The summed E-state index contributed by atoms with van der Waals surface area (Å²) < 4.78 is 47.8. The van der Waals surface area contributed by atoms with Crippen LogP contribution in [0, 0.1) is 0 Å². The first kappa shape index (κ1) is 10.6. The number of oxime groups is 1. The molecule has 1 aliphatic heterocycles. The third-order valence-electron chi connectivity index (χ3n) is 2.05. The summed E-state index contributed by atoms with van der Waals surface area (Å²) in [5.74, 6) is -0.340. The van der Waals surface area contributed by atoms with Crippen molar-refractivity contribution in [1.29, 1.82) is 0 Å². The number of fused-ring (bicyclic) bond motifs is 1. The van der Waals surface area contributed by atoms with Gasteiger partial charge in [-0.2, -0.15) is 13.2 Å². The lowest BCUT2D eigenvalue weighted by Gasteiger charge is -2.12. The van der Waals surface area contributed by atoms with Crippen molar-refractivity contribution in [2.75, 3.05) is 6.79 Å². The largest absolute Gasteiger partial charge is 0.454 e. The Morgan fingerprint density at radius 2 is 2.06 bits per heavy atom. The molecular formula is C9H6F3NO3. The van der Waals surface area contributed by atoms with Crippen LogP contribution in [0.25, 0.3) is 0 Å². The zero-order chi connectivity index (χ0) is 11.8. The molecule has 0 fully saturated rings. The van der Waals surface area contributed by atoms with E-state index in [1.807, 2.05) is 0 Å². The van der Waals surface area contributed by atoms with Crippen LogP contribution in [0.2, 0.25) is 0 Å². The molecule has 0 spiro atoms. The molecule has 1 heterocycles. The second kappa shape index (κ2) is 3.58. The lowest BCUT2D eigenvalue weighted by atomic mass is 10.1. The Labute approximate surface area is 87.9 Å². The predicted octanol–water partition coefficient (Wildman–Crippen LogP) is 2.24. The molecule has 1 aromatic rings. The van der Waals surface area contributed by atoms with E-state index in [9.17, 15) is 13.2 Å². The van der Waals surface area contributed by atoms with Crippen LogP contribution in [-0.2, 0) is 6.18 Å². The number of hydrogen-bond acceptors (Lipinski definition) is 4. The second-order valence-corrected chi connectivity index (χ2v) is 3.01. The zero-order valence-electron chi connectivity index (χ0n) is 7.78. The van der Waals surface area contributed by atoms with Gasteiger partial charge in [-0.1, -0.05) is 5.16 Å². The highest BCUT2D eigenvalue weighted by molar-refractivity contribution is 5.84. The predicted molar refractivity (Wildman–Crippen MR) is 46.9 cm³/mol. The average molecular weight is 233 g/mol. The van der Waals surface area contributed by atoms with Gasteiger partial charge in [-0.15, -0.1) is 0 Å². The van der Waals surface area contributed by atoms with Gasteiger partial charge in [0.05, 0.1) is 6.21 Å². The minimum absolute atomic E-state index is 0.0300. The Morgan fingerprint density at radius 1 is 1.31 bits per heavy atom. The molecular weight excluding hydrogens is 227 g/mol. The molecule has 0 atom stereocenters. The molecule has 7 heteroatoms. The number of halogens is 3. The molecule has 16 heavy (non-hydrogen) atoms. The number of alkyl halides is 3. The van der Waals surface area contributed by atoms with Gasteiger partial charge in [-0.05, 0) is 12.1 Å².